The number of aryl methyl sites for hydroxylation is 1. The molecule has 2 aromatic rings. The van der Waals surface area contributed by atoms with E-state index in [1.807, 2.05) is 11.0 Å². The quantitative estimate of drug-likeness (QED) is 0.922. The minimum Gasteiger partial charge on any atom is -0.465 e. The SMILES string of the molecule is Cc1cc(OCC(=O)N2CCC[C@H](c3ccn[nH]3)C2)no1. The van der Waals surface area contributed by atoms with Gasteiger partial charge in [0.15, 0.2) is 6.61 Å². The van der Waals surface area contributed by atoms with Gasteiger partial charge < -0.3 is 14.2 Å². The van der Waals surface area contributed by atoms with E-state index in [4.69, 9.17) is 9.26 Å². The lowest BCUT2D eigenvalue weighted by atomic mass is 9.95. The molecule has 3 rings (SSSR count). The van der Waals surface area contributed by atoms with E-state index in [-0.39, 0.29) is 12.5 Å². The van der Waals surface area contributed by atoms with Crippen LogP contribution in [0.4, 0.5) is 0 Å². The van der Waals surface area contributed by atoms with Crippen molar-refractivity contribution in [3.63, 3.8) is 0 Å². The first-order valence-corrected chi connectivity index (χ1v) is 7.05. The summed E-state index contributed by atoms with van der Waals surface area (Å²) in [5.74, 6) is 1.30. The molecule has 7 heteroatoms. The topological polar surface area (TPSA) is 84.2 Å². The van der Waals surface area contributed by atoms with Crippen LogP contribution in [0, 0.1) is 6.92 Å². The largest absolute Gasteiger partial charge is 0.465 e. The summed E-state index contributed by atoms with van der Waals surface area (Å²) in [5.41, 5.74) is 1.08. The van der Waals surface area contributed by atoms with Gasteiger partial charge in [0.1, 0.15) is 5.76 Å². The van der Waals surface area contributed by atoms with Crippen molar-refractivity contribution in [2.75, 3.05) is 19.7 Å². The summed E-state index contributed by atoms with van der Waals surface area (Å²) < 4.78 is 10.2. The van der Waals surface area contributed by atoms with Gasteiger partial charge in [-0.05, 0) is 31.0 Å². The molecule has 0 aliphatic carbocycles. The molecule has 3 heterocycles. The molecule has 1 N–H and O–H groups in total. The van der Waals surface area contributed by atoms with Gasteiger partial charge in [-0.25, -0.2) is 0 Å². The second kappa shape index (κ2) is 5.99. The molecule has 112 valence electrons. The molecule has 0 spiro atoms. The maximum absolute atomic E-state index is 12.2. The van der Waals surface area contributed by atoms with Crippen molar-refractivity contribution < 1.29 is 14.1 Å². The van der Waals surface area contributed by atoms with Gasteiger partial charge in [0.2, 0.25) is 0 Å². The van der Waals surface area contributed by atoms with E-state index in [1.165, 1.54) is 0 Å². The summed E-state index contributed by atoms with van der Waals surface area (Å²) in [5, 5.41) is 10.7. The van der Waals surface area contributed by atoms with Gasteiger partial charge in [-0.15, -0.1) is 0 Å². The van der Waals surface area contributed by atoms with Crippen LogP contribution in [0.5, 0.6) is 5.88 Å². The van der Waals surface area contributed by atoms with Crippen molar-refractivity contribution >= 4 is 5.91 Å². The van der Waals surface area contributed by atoms with Crippen LogP contribution in [0.3, 0.4) is 0 Å². The Labute approximate surface area is 122 Å². The Bertz CT molecular complexity index is 593. The highest BCUT2D eigenvalue weighted by molar-refractivity contribution is 5.77. The van der Waals surface area contributed by atoms with Crippen LogP contribution < -0.4 is 4.74 Å². The summed E-state index contributed by atoms with van der Waals surface area (Å²) in [7, 11) is 0. The molecule has 1 amide bonds. The third-order valence-corrected chi connectivity index (χ3v) is 3.69. The molecule has 1 saturated heterocycles. The fourth-order valence-corrected chi connectivity index (χ4v) is 2.59. The Kier molecular flexibility index (Phi) is 3.89. The molecular weight excluding hydrogens is 272 g/mol. The number of amides is 1. The zero-order chi connectivity index (χ0) is 14.7. The number of piperidine rings is 1. The van der Waals surface area contributed by atoms with E-state index in [9.17, 15) is 4.79 Å². The third kappa shape index (κ3) is 3.24. The average Bonchev–Trinajstić information content (AvgIpc) is 3.16. The van der Waals surface area contributed by atoms with Crippen molar-refractivity contribution in [1.82, 2.24) is 20.3 Å². The van der Waals surface area contributed by atoms with E-state index in [1.54, 1.807) is 19.2 Å². The number of carbonyl (C=O) groups is 1. The fourth-order valence-electron chi connectivity index (χ4n) is 2.59. The standard InChI is InChI=1S/C14H18N4O3/c1-10-7-13(17-21-10)20-9-14(19)18-6-2-3-11(8-18)12-4-5-15-16-12/h4-5,7,11H,2-3,6,8-9H2,1H3,(H,15,16)/t11-/m0/s1. The number of nitrogens with zero attached hydrogens (tertiary/aromatic N) is 3. The van der Waals surface area contributed by atoms with Gasteiger partial charge in [0, 0.05) is 37.0 Å². The smallest absolute Gasteiger partial charge is 0.260 e. The number of ether oxygens (including phenoxy) is 1. The van der Waals surface area contributed by atoms with Crippen molar-refractivity contribution in [2.45, 2.75) is 25.7 Å². The highest BCUT2D eigenvalue weighted by atomic mass is 16.5. The lowest BCUT2D eigenvalue weighted by molar-refractivity contribution is -0.134. The Hall–Kier alpha value is -2.31. The second-order valence-corrected chi connectivity index (χ2v) is 5.26. The van der Waals surface area contributed by atoms with E-state index in [0.717, 1.165) is 25.1 Å². The van der Waals surface area contributed by atoms with Crippen molar-refractivity contribution in [2.24, 2.45) is 0 Å². The predicted molar refractivity (Wildman–Crippen MR) is 73.9 cm³/mol. The molecule has 0 bridgehead atoms. The van der Waals surface area contributed by atoms with Crippen molar-refractivity contribution in [1.29, 1.82) is 0 Å². The summed E-state index contributed by atoms with van der Waals surface area (Å²) in [6.45, 7) is 3.23. The minimum absolute atomic E-state index is 0.0122. The van der Waals surface area contributed by atoms with Gasteiger partial charge in [-0.1, -0.05) is 0 Å². The zero-order valence-corrected chi connectivity index (χ0v) is 11.9. The number of rotatable bonds is 4. The molecule has 1 aliphatic rings. The van der Waals surface area contributed by atoms with Gasteiger partial charge in [-0.3, -0.25) is 9.89 Å². The van der Waals surface area contributed by atoms with Crippen LogP contribution in [0.2, 0.25) is 0 Å². The molecule has 7 nitrogen and oxygen atoms in total. The molecule has 0 aromatic carbocycles. The summed E-state index contributed by atoms with van der Waals surface area (Å²) in [4.78, 5) is 14.0. The normalized spacial score (nSPS) is 18.7. The molecular formula is C14H18N4O3. The second-order valence-electron chi connectivity index (χ2n) is 5.26. The number of nitrogens with one attached hydrogen (secondary N) is 1. The van der Waals surface area contributed by atoms with Crippen LogP contribution in [-0.4, -0.2) is 45.9 Å². The lowest BCUT2D eigenvalue weighted by Crippen LogP contribution is -2.41. The van der Waals surface area contributed by atoms with E-state index in [0.29, 0.717) is 24.1 Å². The first-order chi connectivity index (χ1) is 10.2. The first-order valence-electron chi connectivity index (χ1n) is 7.05. The monoisotopic (exact) mass is 290 g/mol. The number of aromatic amines is 1. The molecule has 0 radical (unpaired) electrons. The minimum atomic E-state index is -0.0279. The van der Waals surface area contributed by atoms with Gasteiger partial charge in [0.05, 0.1) is 0 Å². The van der Waals surface area contributed by atoms with Crippen LogP contribution >= 0.6 is 0 Å². The highest BCUT2D eigenvalue weighted by Crippen LogP contribution is 2.25. The summed E-state index contributed by atoms with van der Waals surface area (Å²) in [6.07, 6.45) is 3.79. The Morgan fingerprint density at radius 1 is 1.62 bits per heavy atom. The highest BCUT2D eigenvalue weighted by Gasteiger charge is 2.25. The number of hydrogen-bond donors (Lipinski definition) is 1. The molecule has 0 saturated carbocycles. The molecule has 2 aromatic heterocycles. The molecule has 1 fully saturated rings. The van der Waals surface area contributed by atoms with Gasteiger partial charge in [-0.2, -0.15) is 5.10 Å². The molecule has 1 aliphatic heterocycles. The number of aromatic nitrogens is 3. The lowest BCUT2D eigenvalue weighted by Gasteiger charge is -2.32. The van der Waals surface area contributed by atoms with Crippen LogP contribution in [0.1, 0.15) is 30.2 Å². The van der Waals surface area contributed by atoms with Gasteiger partial charge in [0.25, 0.3) is 11.8 Å². The predicted octanol–water partition coefficient (Wildman–Crippen LogP) is 1.49. The summed E-state index contributed by atoms with van der Waals surface area (Å²) >= 11 is 0. The maximum atomic E-state index is 12.2. The van der Waals surface area contributed by atoms with Crippen LogP contribution in [0.25, 0.3) is 0 Å². The third-order valence-electron chi connectivity index (χ3n) is 3.69. The number of likely N-dealkylation sites (tertiary alicyclic amines) is 1. The number of carbonyl (C=O) groups excluding carboxylic acids is 1. The van der Waals surface area contributed by atoms with E-state index < -0.39 is 0 Å². The zero-order valence-electron chi connectivity index (χ0n) is 11.9. The Balaban J connectivity index is 1.54. The number of H-pyrrole nitrogens is 1. The fraction of sp³-hybridized carbons (Fsp3) is 0.500. The van der Waals surface area contributed by atoms with Crippen molar-refractivity contribution in [3.05, 3.63) is 29.8 Å². The van der Waals surface area contributed by atoms with E-state index >= 15 is 0 Å². The molecule has 1 atom stereocenters. The number of hydrogen-bond acceptors (Lipinski definition) is 5. The summed E-state index contributed by atoms with van der Waals surface area (Å²) in [6, 6.07) is 3.63. The van der Waals surface area contributed by atoms with Crippen LogP contribution in [0.15, 0.2) is 22.9 Å². The molecule has 21 heavy (non-hydrogen) atoms. The van der Waals surface area contributed by atoms with Crippen molar-refractivity contribution in [3.8, 4) is 5.88 Å². The maximum Gasteiger partial charge on any atom is 0.260 e. The van der Waals surface area contributed by atoms with Crippen LogP contribution in [-0.2, 0) is 4.79 Å². The Morgan fingerprint density at radius 2 is 2.52 bits per heavy atom. The first kappa shape index (κ1) is 13.7. The Morgan fingerprint density at radius 3 is 3.24 bits per heavy atom. The van der Waals surface area contributed by atoms with Gasteiger partial charge >= 0.3 is 0 Å². The van der Waals surface area contributed by atoms with E-state index in [2.05, 4.69) is 15.4 Å². The molecule has 0 unspecified atom stereocenters. The average molecular weight is 290 g/mol.